The molecule has 0 amide bonds. The first-order valence-electron chi connectivity index (χ1n) is 5.71. The first-order chi connectivity index (χ1) is 7.56. The Labute approximate surface area is 106 Å². The van der Waals surface area contributed by atoms with Gasteiger partial charge in [0.15, 0.2) is 0 Å². The molecule has 0 aromatic heterocycles. The maximum Gasteiger partial charge on any atom is 0.0989 e. The second kappa shape index (κ2) is 6.38. The third-order valence-corrected chi connectivity index (χ3v) is 3.21. The summed E-state index contributed by atoms with van der Waals surface area (Å²) in [6.07, 6.45) is 1.04. The normalized spacial score (nSPS) is 15.1. The number of hydrogen-bond donors (Lipinski definition) is 1. The Morgan fingerprint density at radius 1 is 1.31 bits per heavy atom. The van der Waals surface area contributed by atoms with Crippen LogP contribution in [0.3, 0.4) is 0 Å². The van der Waals surface area contributed by atoms with Crippen molar-refractivity contribution in [2.24, 2.45) is 5.73 Å². The molecule has 0 heterocycles. The van der Waals surface area contributed by atoms with Crippen LogP contribution in [0.15, 0.2) is 28.7 Å². The molecule has 1 aromatic rings. The van der Waals surface area contributed by atoms with Crippen LogP contribution in [0.5, 0.6) is 0 Å². The van der Waals surface area contributed by atoms with Crippen molar-refractivity contribution in [3.8, 4) is 0 Å². The summed E-state index contributed by atoms with van der Waals surface area (Å²) in [4.78, 5) is 0. The van der Waals surface area contributed by atoms with Gasteiger partial charge in [0.1, 0.15) is 0 Å². The largest absolute Gasteiger partial charge is 0.369 e. The lowest BCUT2D eigenvalue weighted by atomic mass is 10.0. The van der Waals surface area contributed by atoms with E-state index in [1.807, 2.05) is 32.0 Å². The number of halogens is 1. The molecule has 2 atom stereocenters. The van der Waals surface area contributed by atoms with E-state index in [0.717, 1.165) is 16.5 Å². The Morgan fingerprint density at radius 3 is 2.44 bits per heavy atom. The van der Waals surface area contributed by atoms with Gasteiger partial charge in [-0.15, -0.1) is 0 Å². The minimum absolute atomic E-state index is 0.0288. The Balaban J connectivity index is 2.96. The van der Waals surface area contributed by atoms with Crippen molar-refractivity contribution in [1.29, 1.82) is 0 Å². The average molecular weight is 286 g/mol. The SMILES string of the molecule is CCC(N)C(OC(C)C)c1ccccc1Br. The summed E-state index contributed by atoms with van der Waals surface area (Å²) in [6.45, 7) is 6.15. The molecular weight excluding hydrogens is 266 g/mol. The molecule has 0 saturated heterocycles. The highest BCUT2D eigenvalue weighted by Crippen LogP contribution is 2.29. The highest BCUT2D eigenvalue weighted by Gasteiger charge is 2.22. The van der Waals surface area contributed by atoms with E-state index in [2.05, 4.69) is 28.9 Å². The number of ether oxygens (including phenoxy) is 1. The van der Waals surface area contributed by atoms with Crippen LogP contribution in [0.1, 0.15) is 38.9 Å². The van der Waals surface area contributed by atoms with Crippen molar-refractivity contribution < 1.29 is 4.74 Å². The Hall–Kier alpha value is -0.380. The van der Waals surface area contributed by atoms with E-state index in [1.165, 1.54) is 0 Å². The average Bonchev–Trinajstić information content (AvgIpc) is 2.26. The first-order valence-corrected chi connectivity index (χ1v) is 6.51. The lowest BCUT2D eigenvalue weighted by Crippen LogP contribution is -2.31. The molecule has 1 rings (SSSR count). The summed E-state index contributed by atoms with van der Waals surface area (Å²) in [5, 5.41) is 0. The van der Waals surface area contributed by atoms with Crippen LogP contribution in [-0.4, -0.2) is 12.1 Å². The van der Waals surface area contributed by atoms with Crippen molar-refractivity contribution >= 4 is 15.9 Å². The van der Waals surface area contributed by atoms with Crippen LogP contribution in [-0.2, 0) is 4.74 Å². The van der Waals surface area contributed by atoms with E-state index in [4.69, 9.17) is 10.5 Å². The Bertz CT molecular complexity index is 327. The van der Waals surface area contributed by atoms with E-state index in [-0.39, 0.29) is 18.2 Å². The molecule has 3 heteroatoms. The van der Waals surface area contributed by atoms with E-state index in [9.17, 15) is 0 Å². The predicted octanol–water partition coefficient (Wildman–Crippen LogP) is 3.65. The fourth-order valence-corrected chi connectivity index (χ4v) is 2.13. The molecule has 2 nitrogen and oxygen atoms in total. The number of rotatable bonds is 5. The van der Waals surface area contributed by atoms with Crippen LogP contribution in [0.4, 0.5) is 0 Å². The van der Waals surface area contributed by atoms with Crippen molar-refractivity contribution in [1.82, 2.24) is 0 Å². The molecule has 1 aromatic carbocycles. The molecule has 0 spiro atoms. The van der Waals surface area contributed by atoms with E-state index < -0.39 is 0 Å². The first kappa shape index (κ1) is 13.7. The van der Waals surface area contributed by atoms with Gasteiger partial charge in [0.05, 0.1) is 12.2 Å². The van der Waals surface area contributed by atoms with Crippen LogP contribution in [0, 0.1) is 0 Å². The van der Waals surface area contributed by atoms with Crippen molar-refractivity contribution in [2.75, 3.05) is 0 Å². The van der Waals surface area contributed by atoms with Gasteiger partial charge in [0, 0.05) is 10.5 Å². The molecule has 0 radical (unpaired) electrons. The summed E-state index contributed by atoms with van der Waals surface area (Å²) in [6, 6.07) is 8.12. The molecule has 2 unspecified atom stereocenters. The third kappa shape index (κ3) is 3.58. The molecule has 2 N–H and O–H groups in total. The summed E-state index contributed by atoms with van der Waals surface area (Å²) < 4.78 is 6.97. The van der Waals surface area contributed by atoms with E-state index in [1.54, 1.807) is 0 Å². The van der Waals surface area contributed by atoms with Crippen LogP contribution in [0.25, 0.3) is 0 Å². The summed E-state index contributed by atoms with van der Waals surface area (Å²) in [5.74, 6) is 0. The van der Waals surface area contributed by atoms with Gasteiger partial charge in [0.2, 0.25) is 0 Å². The molecular formula is C13H20BrNO. The molecule has 0 fully saturated rings. The second-order valence-electron chi connectivity index (χ2n) is 4.20. The maximum absolute atomic E-state index is 6.12. The number of hydrogen-bond acceptors (Lipinski definition) is 2. The predicted molar refractivity (Wildman–Crippen MR) is 71.4 cm³/mol. The standard InChI is InChI=1S/C13H20BrNO/c1-4-12(15)13(16-9(2)3)10-7-5-6-8-11(10)14/h5-9,12-13H,4,15H2,1-3H3. The molecule has 0 aliphatic carbocycles. The molecule has 0 bridgehead atoms. The Morgan fingerprint density at radius 2 is 1.94 bits per heavy atom. The zero-order chi connectivity index (χ0) is 12.1. The fraction of sp³-hybridized carbons (Fsp3) is 0.538. The van der Waals surface area contributed by atoms with Crippen LogP contribution in [0.2, 0.25) is 0 Å². The van der Waals surface area contributed by atoms with Gasteiger partial charge in [-0.3, -0.25) is 0 Å². The van der Waals surface area contributed by atoms with Crippen LogP contribution < -0.4 is 5.73 Å². The number of nitrogens with two attached hydrogens (primary N) is 1. The Kier molecular flexibility index (Phi) is 5.46. The summed E-state index contributed by atoms with van der Waals surface area (Å²) in [7, 11) is 0. The highest BCUT2D eigenvalue weighted by molar-refractivity contribution is 9.10. The molecule has 0 aliphatic rings. The second-order valence-corrected chi connectivity index (χ2v) is 5.05. The van der Waals surface area contributed by atoms with Gasteiger partial charge in [-0.05, 0) is 31.9 Å². The van der Waals surface area contributed by atoms with Gasteiger partial charge in [0.25, 0.3) is 0 Å². The van der Waals surface area contributed by atoms with E-state index in [0.29, 0.717) is 0 Å². The lowest BCUT2D eigenvalue weighted by Gasteiger charge is -2.26. The van der Waals surface area contributed by atoms with Gasteiger partial charge in [-0.1, -0.05) is 41.1 Å². The quantitative estimate of drug-likeness (QED) is 0.896. The van der Waals surface area contributed by atoms with Gasteiger partial charge < -0.3 is 10.5 Å². The topological polar surface area (TPSA) is 35.2 Å². The van der Waals surface area contributed by atoms with Crippen molar-refractivity contribution in [2.45, 2.75) is 45.4 Å². The smallest absolute Gasteiger partial charge is 0.0989 e. The summed E-state index contributed by atoms with van der Waals surface area (Å²) >= 11 is 3.55. The molecule has 90 valence electrons. The van der Waals surface area contributed by atoms with E-state index >= 15 is 0 Å². The minimum atomic E-state index is -0.0411. The van der Waals surface area contributed by atoms with Gasteiger partial charge in [-0.25, -0.2) is 0 Å². The maximum atomic E-state index is 6.12. The zero-order valence-electron chi connectivity index (χ0n) is 10.1. The fourth-order valence-electron chi connectivity index (χ4n) is 1.62. The van der Waals surface area contributed by atoms with Crippen molar-refractivity contribution in [3.63, 3.8) is 0 Å². The zero-order valence-corrected chi connectivity index (χ0v) is 11.7. The lowest BCUT2D eigenvalue weighted by molar-refractivity contribution is -0.00937. The van der Waals surface area contributed by atoms with Crippen LogP contribution >= 0.6 is 15.9 Å². The molecule has 16 heavy (non-hydrogen) atoms. The minimum Gasteiger partial charge on any atom is -0.369 e. The molecule has 0 saturated carbocycles. The monoisotopic (exact) mass is 285 g/mol. The van der Waals surface area contributed by atoms with Crippen molar-refractivity contribution in [3.05, 3.63) is 34.3 Å². The third-order valence-electron chi connectivity index (χ3n) is 2.49. The molecule has 0 aliphatic heterocycles. The van der Waals surface area contributed by atoms with Gasteiger partial charge in [-0.2, -0.15) is 0 Å². The number of benzene rings is 1. The highest BCUT2D eigenvalue weighted by atomic mass is 79.9. The van der Waals surface area contributed by atoms with Gasteiger partial charge >= 0.3 is 0 Å². The summed E-state index contributed by atoms with van der Waals surface area (Å²) in [5.41, 5.74) is 7.25.